The molecular formula is C10H21NO3S. The average molecular weight is 235 g/mol. The molecule has 0 aliphatic heterocycles. The second kappa shape index (κ2) is 9.00. The highest BCUT2D eigenvalue weighted by molar-refractivity contribution is 7.99. The molecule has 90 valence electrons. The van der Waals surface area contributed by atoms with Crippen LogP contribution in [0.5, 0.6) is 0 Å². The third kappa shape index (κ3) is 8.72. The van der Waals surface area contributed by atoms with Crippen LogP contribution in [-0.2, 0) is 14.3 Å². The monoisotopic (exact) mass is 235 g/mol. The van der Waals surface area contributed by atoms with Gasteiger partial charge in [-0.2, -0.15) is 11.8 Å². The fourth-order valence-corrected chi connectivity index (χ4v) is 1.76. The molecule has 0 amide bonds. The van der Waals surface area contributed by atoms with Crippen molar-refractivity contribution in [2.45, 2.75) is 32.4 Å². The number of carbonyl (C=O) groups excluding carboxylic acids is 1. The third-order valence-electron chi connectivity index (χ3n) is 1.76. The number of hydrogen-bond donors (Lipinski definition) is 1. The van der Waals surface area contributed by atoms with Crippen molar-refractivity contribution < 1.29 is 14.3 Å². The molecule has 0 aromatic heterocycles. The van der Waals surface area contributed by atoms with Gasteiger partial charge in [0.1, 0.15) is 6.04 Å². The molecule has 0 spiro atoms. The Hall–Kier alpha value is -0.260. The van der Waals surface area contributed by atoms with E-state index < -0.39 is 6.04 Å². The van der Waals surface area contributed by atoms with Crippen LogP contribution in [0, 0.1) is 0 Å². The fraction of sp³-hybridized carbons (Fsp3) is 0.900. The van der Waals surface area contributed by atoms with Gasteiger partial charge in [-0.15, -0.1) is 0 Å². The van der Waals surface area contributed by atoms with Gasteiger partial charge in [-0.25, -0.2) is 0 Å². The maximum Gasteiger partial charge on any atom is 0.322 e. The molecule has 1 unspecified atom stereocenters. The zero-order valence-corrected chi connectivity index (χ0v) is 10.5. The predicted molar refractivity (Wildman–Crippen MR) is 63.0 cm³/mol. The van der Waals surface area contributed by atoms with E-state index >= 15 is 0 Å². The first kappa shape index (κ1) is 14.7. The zero-order chi connectivity index (χ0) is 11.7. The molecule has 0 bridgehead atoms. The largest absolute Gasteiger partial charge is 0.468 e. The molecule has 2 N–H and O–H groups in total. The van der Waals surface area contributed by atoms with Gasteiger partial charge in [0.2, 0.25) is 0 Å². The number of nitrogens with two attached hydrogens (primary N) is 1. The Morgan fingerprint density at radius 3 is 2.60 bits per heavy atom. The molecule has 0 aromatic rings. The standard InChI is InChI=1S/C10H21NO3S/c1-8(2)14-5-7-15-6-4-9(11)10(12)13-3/h8-9H,4-7,11H2,1-3H3. The molecule has 0 fully saturated rings. The average Bonchev–Trinajstić information content (AvgIpc) is 2.21. The molecule has 5 heteroatoms. The van der Waals surface area contributed by atoms with Crippen molar-refractivity contribution in [1.82, 2.24) is 0 Å². The van der Waals surface area contributed by atoms with Crippen LogP contribution in [0.3, 0.4) is 0 Å². The van der Waals surface area contributed by atoms with E-state index in [-0.39, 0.29) is 12.1 Å². The first-order valence-electron chi connectivity index (χ1n) is 5.10. The lowest BCUT2D eigenvalue weighted by Crippen LogP contribution is -2.32. The number of ether oxygens (including phenoxy) is 2. The van der Waals surface area contributed by atoms with E-state index in [4.69, 9.17) is 10.5 Å². The van der Waals surface area contributed by atoms with E-state index in [1.807, 2.05) is 13.8 Å². The minimum Gasteiger partial charge on any atom is -0.468 e. The van der Waals surface area contributed by atoms with Crippen LogP contribution < -0.4 is 5.73 Å². The normalized spacial score (nSPS) is 12.9. The van der Waals surface area contributed by atoms with E-state index in [0.717, 1.165) is 18.1 Å². The Kier molecular flexibility index (Phi) is 8.85. The summed E-state index contributed by atoms with van der Waals surface area (Å²) in [6.07, 6.45) is 0.932. The van der Waals surface area contributed by atoms with Crippen molar-refractivity contribution in [2.75, 3.05) is 25.2 Å². The van der Waals surface area contributed by atoms with E-state index in [9.17, 15) is 4.79 Å². The molecule has 0 saturated carbocycles. The summed E-state index contributed by atoms with van der Waals surface area (Å²) in [5, 5.41) is 0. The molecule has 0 heterocycles. The molecular weight excluding hydrogens is 214 g/mol. The van der Waals surface area contributed by atoms with Crippen LogP contribution in [0.25, 0.3) is 0 Å². The summed E-state index contributed by atoms with van der Waals surface area (Å²) in [5.41, 5.74) is 5.57. The van der Waals surface area contributed by atoms with Gasteiger partial charge in [-0.1, -0.05) is 0 Å². The molecule has 0 aliphatic carbocycles. The van der Waals surface area contributed by atoms with Gasteiger partial charge in [-0.3, -0.25) is 4.79 Å². The van der Waals surface area contributed by atoms with Crippen molar-refractivity contribution in [3.05, 3.63) is 0 Å². The Balaban J connectivity index is 3.27. The van der Waals surface area contributed by atoms with Crippen LogP contribution >= 0.6 is 11.8 Å². The summed E-state index contributed by atoms with van der Waals surface area (Å²) < 4.78 is 9.90. The van der Waals surface area contributed by atoms with Gasteiger partial charge in [-0.05, 0) is 26.0 Å². The summed E-state index contributed by atoms with van der Waals surface area (Å²) in [6.45, 7) is 4.77. The maximum atomic E-state index is 10.9. The SMILES string of the molecule is COC(=O)C(N)CCSCCOC(C)C. The summed E-state index contributed by atoms with van der Waals surface area (Å²) in [4.78, 5) is 10.9. The summed E-state index contributed by atoms with van der Waals surface area (Å²) in [7, 11) is 1.35. The first-order valence-corrected chi connectivity index (χ1v) is 6.26. The zero-order valence-electron chi connectivity index (χ0n) is 9.69. The number of hydrogen-bond acceptors (Lipinski definition) is 5. The fourth-order valence-electron chi connectivity index (χ4n) is 0.924. The lowest BCUT2D eigenvalue weighted by Gasteiger charge is -2.09. The van der Waals surface area contributed by atoms with Gasteiger partial charge in [0, 0.05) is 5.75 Å². The number of rotatable bonds is 8. The van der Waals surface area contributed by atoms with Gasteiger partial charge in [0.25, 0.3) is 0 Å². The van der Waals surface area contributed by atoms with Gasteiger partial charge < -0.3 is 15.2 Å². The van der Waals surface area contributed by atoms with Crippen LogP contribution in [0.1, 0.15) is 20.3 Å². The van der Waals surface area contributed by atoms with E-state index in [0.29, 0.717) is 6.42 Å². The van der Waals surface area contributed by atoms with Gasteiger partial charge in [0.05, 0.1) is 19.8 Å². The summed E-state index contributed by atoms with van der Waals surface area (Å²) in [5.74, 6) is 1.46. The highest BCUT2D eigenvalue weighted by Crippen LogP contribution is 2.05. The van der Waals surface area contributed by atoms with E-state index in [2.05, 4.69) is 4.74 Å². The molecule has 0 saturated heterocycles. The minimum absolute atomic E-state index is 0.280. The summed E-state index contributed by atoms with van der Waals surface area (Å²) >= 11 is 1.74. The maximum absolute atomic E-state index is 10.9. The van der Waals surface area contributed by atoms with Crippen LogP contribution in [0.4, 0.5) is 0 Å². The molecule has 0 aromatic carbocycles. The number of thioether (sulfide) groups is 1. The van der Waals surface area contributed by atoms with Crippen LogP contribution in [-0.4, -0.2) is 43.3 Å². The van der Waals surface area contributed by atoms with E-state index in [1.54, 1.807) is 11.8 Å². The molecule has 1 atom stereocenters. The van der Waals surface area contributed by atoms with Crippen molar-refractivity contribution >= 4 is 17.7 Å². The van der Waals surface area contributed by atoms with Crippen molar-refractivity contribution in [3.8, 4) is 0 Å². The lowest BCUT2D eigenvalue weighted by molar-refractivity contribution is -0.142. The molecule has 15 heavy (non-hydrogen) atoms. The predicted octanol–water partition coefficient (Wildman–Crippen LogP) is 1.03. The van der Waals surface area contributed by atoms with E-state index in [1.165, 1.54) is 7.11 Å². The molecule has 0 rings (SSSR count). The first-order chi connectivity index (χ1) is 7.07. The number of esters is 1. The molecule has 0 aliphatic rings. The van der Waals surface area contributed by atoms with Crippen molar-refractivity contribution in [2.24, 2.45) is 5.73 Å². The van der Waals surface area contributed by atoms with Gasteiger partial charge in [0.15, 0.2) is 0 Å². The van der Waals surface area contributed by atoms with Gasteiger partial charge >= 0.3 is 5.97 Å². The highest BCUT2D eigenvalue weighted by atomic mass is 32.2. The number of methoxy groups -OCH3 is 1. The second-order valence-electron chi connectivity index (χ2n) is 3.45. The molecule has 0 radical (unpaired) electrons. The second-order valence-corrected chi connectivity index (χ2v) is 4.67. The van der Waals surface area contributed by atoms with Crippen LogP contribution in [0.15, 0.2) is 0 Å². The Morgan fingerprint density at radius 2 is 2.07 bits per heavy atom. The highest BCUT2D eigenvalue weighted by Gasteiger charge is 2.12. The summed E-state index contributed by atoms with van der Waals surface area (Å²) in [6, 6.07) is -0.492. The Morgan fingerprint density at radius 1 is 1.40 bits per heavy atom. The third-order valence-corrected chi connectivity index (χ3v) is 2.74. The topological polar surface area (TPSA) is 61.5 Å². The Bertz CT molecular complexity index is 176. The number of carbonyl (C=O) groups is 1. The minimum atomic E-state index is -0.492. The smallest absolute Gasteiger partial charge is 0.322 e. The van der Waals surface area contributed by atoms with Crippen LogP contribution in [0.2, 0.25) is 0 Å². The quantitative estimate of drug-likeness (QED) is 0.503. The molecule has 4 nitrogen and oxygen atoms in total. The lowest BCUT2D eigenvalue weighted by atomic mass is 10.2. The van der Waals surface area contributed by atoms with Crippen molar-refractivity contribution in [3.63, 3.8) is 0 Å². The Labute approximate surface area is 95.9 Å². The van der Waals surface area contributed by atoms with Crippen molar-refractivity contribution in [1.29, 1.82) is 0 Å².